The fourth-order valence-corrected chi connectivity index (χ4v) is 0.967. The number of morpholine rings is 1. The molecule has 54 valence electrons. The number of ether oxygens (including phenoxy) is 1. The molecule has 0 radical (unpaired) electrons. The molecule has 0 unspecified atom stereocenters. The van der Waals surface area contributed by atoms with Crippen molar-refractivity contribution in [3.8, 4) is 0 Å². The molecule has 1 fully saturated rings. The number of nitrogens with zero attached hydrogens (tertiary/aromatic N) is 1. The molecule has 0 N–H and O–H groups in total. The third kappa shape index (κ3) is 1.22. The molecule has 0 bridgehead atoms. The molecule has 0 aromatic heterocycles. The van der Waals surface area contributed by atoms with Gasteiger partial charge in [-0.1, -0.05) is 18.8 Å². The van der Waals surface area contributed by atoms with Gasteiger partial charge in [-0.25, -0.2) is 0 Å². The molecule has 1 aliphatic rings. The van der Waals surface area contributed by atoms with Crippen LogP contribution in [-0.2, 0) is 9.53 Å². The lowest BCUT2D eigenvalue weighted by atomic mass is 10.4. The zero-order chi connectivity index (χ0) is 7.56. The van der Waals surface area contributed by atoms with Crippen LogP contribution in [0.4, 0.5) is 0 Å². The van der Waals surface area contributed by atoms with Crippen LogP contribution in [-0.4, -0.2) is 29.0 Å². The lowest BCUT2D eigenvalue weighted by Gasteiger charge is -2.23. The van der Waals surface area contributed by atoms with E-state index >= 15 is 0 Å². The second-order valence-corrected chi connectivity index (χ2v) is 2.30. The van der Waals surface area contributed by atoms with Gasteiger partial charge in [0.1, 0.15) is 11.6 Å². The smallest absolute Gasteiger partial charge is 0.257 e. The van der Waals surface area contributed by atoms with E-state index in [4.69, 9.17) is 17.0 Å². The molecule has 0 aromatic carbocycles. The van der Waals surface area contributed by atoms with E-state index in [0.717, 1.165) is 0 Å². The summed E-state index contributed by atoms with van der Waals surface area (Å²) in [7, 11) is 0. The molecule has 1 amide bonds. The second-order valence-electron chi connectivity index (χ2n) is 1.83. The Bertz CT molecular complexity index is 174. The summed E-state index contributed by atoms with van der Waals surface area (Å²) in [4.78, 5) is 12.7. The molecule has 0 aliphatic carbocycles. The van der Waals surface area contributed by atoms with E-state index in [0.29, 0.717) is 11.6 Å². The van der Waals surface area contributed by atoms with Gasteiger partial charge in [0.2, 0.25) is 0 Å². The molecular weight excluding hydrogens is 150 g/mol. The number of rotatable bonds is 1. The van der Waals surface area contributed by atoms with Gasteiger partial charge in [-0.3, -0.25) is 9.69 Å². The maximum atomic E-state index is 10.9. The lowest BCUT2D eigenvalue weighted by Crippen LogP contribution is -2.41. The molecule has 1 heterocycles. The van der Waals surface area contributed by atoms with Crippen LogP contribution in [0.3, 0.4) is 0 Å². The third-order valence-corrected chi connectivity index (χ3v) is 1.49. The maximum Gasteiger partial charge on any atom is 0.257 e. The third-order valence-electron chi connectivity index (χ3n) is 1.17. The first-order chi connectivity index (χ1) is 4.75. The van der Waals surface area contributed by atoms with E-state index < -0.39 is 0 Å². The molecule has 1 saturated heterocycles. The molecule has 10 heavy (non-hydrogen) atoms. The number of hydrogen-bond acceptors (Lipinski definition) is 3. The number of amides is 1. The van der Waals surface area contributed by atoms with Gasteiger partial charge in [-0.05, 0) is 0 Å². The van der Waals surface area contributed by atoms with Crippen LogP contribution in [0.15, 0.2) is 12.8 Å². The molecule has 4 heteroatoms. The van der Waals surface area contributed by atoms with E-state index in [9.17, 15) is 4.79 Å². The van der Waals surface area contributed by atoms with Crippen molar-refractivity contribution in [1.82, 2.24) is 4.90 Å². The van der Waals surface area contributed by atoms with Crippen molar-refractivity contribution in [2.24, 2.45) is 0 Å². The van der Waals surface area contributed by atoms with Crippen molar-refractivity contribution in [2.75, 3.05) is 13.2 Å². The molecule has 0 aromatic rings. The topological polar surface area (TPSA) is 29.5 Å². The summed E-state index contributed by atoms with van der Waals surface area (Å²) in [6, 6.07) is 0. The van der Waals surface area contributed by atoms with Gasteiger partial charge in [0, 0.05) is 6.20 Å². The highest BCUT2D eigenvalue weighted by Crippen LogP contribution is 2.01. The SMILES string of the molecule is C=CN1C(=O)COCC1=S. The maximum absolute atomic E-state index is 10.9. The Morgan fingerprint density at radius 1 is 1.70 bits per heavy atom. The minimum atomic E-state index is -0.147. The number of carbonyl (C=O) groups is 1. The van der Waals surface area contributed by atoms with Crippen molar-refractivity contribution < 1.29 is 9.53 Å². The summed E-state index contributed by atoms with van der Waals surface area (Å²) in [5.41, 5.74) is 0. The largest absolute Gasteiger partial charge is 0.364 e. The Kier molecular flexibility index (Phi) is 2.13. The quantitative estimate of drug-likeness (QED) is 0.513. The first-order valence-corrected chi connectivity index (χ1v) is 3.21. The van der Waals surface area contributed by atoms with Gasteiger partial charge in [0.15, 0.2) is 0 Å². The van der Waals surface area contributed by atoms with E-state index in [-0.39, 0.29) is 12.5 Å². The van der Waals surface area contributed by atoms with Crippen LogP contribution >= 0.6 is 12.2 Å². The fraction of sp³-hybridized carbons (Fsp3) is 0.333. The van der Waals surface area contributed by atoms with Crippen molar-refractivity contribution in [3.63, 3.8) is 0 Å². The van der Waals surface area contributed by atoms with Crippen LogP contribution < -0.4 is 0 Å². The molecule has 3 nitrogen and oxygen atoms in total. The summed E-state index contributed by atoms with van der Waals surface area (Å²) in [6.45, 7) is 3.89. The van der Waals surface area contributed by atoms with Crippen LogP contribution in [0.25, 0.3) is 0 Å². The van der Waals surface area contributed by atoms with Crippen LogP contribution in [0, 0.1) is 0 Å². The van der Waals surface area contributed by atoms with Gasteiger partial charge >= 0.3 is 0 Å². The van der Waals surface area contributed by atoms with Gasteiger partial charge in [-0.15, -0.1) is 0 Å². The Balaban J connectivity index is 2.71. The van der Waals surface area contributed by atoms with Gasteiger partial charge in [-0.2, -0.15) is 0 Å². The number of thiocarbonyl (C=S) groups is 1. The van der Waals surface area contributed by atoms with E-state index in [1.165, 1.54) is 11.1 Å². The standard InChI is InChI=1S/C6H7NO2S/c1-2-7-5(8)3-9-4-6(7)10/h2H,1,3-4H2. The Morgan fingerprint density at radius 2 is 2.40 bits per heavy atom. The Labute approximate surface area is 64.3 Å². The van der Waals surface area contributed by atoms with Crippen molar-refractivity contribution in [3.05, 3.63) is 12.8 Å². The van der Waals surface area contributed by atoms with E-state index in [1.807, 2.05) is 0 Å². The van der Waals surface area contributed by atoms with Crippen LogP contribution in [0.1, 0.15) is 0 Å². The molecular formula is C6H7NO2S. The summed E-state index contributed by atoms with van der Waals surface area (Å²) in [5, 5.41) is 0. The predicted molar refractivity (Wildman–Crippen MR) is 40.5 cm³/mol. The first-order valence-electron chi connectivity index (χ1n) is 2.81. The van der Waals surface area contributed by atoms with Gasteiger partial charge in [0.25, 0.3) is 5.91 Å². The Hall–Kier alpha value is -0.740. The van der Waals surface area contributed by atoms with E-state index in [1.54, 1.807) is 0 Å². The first kappa shape index (κ1) is 7.37. The lowest BCUT2D eigenvalue weighted by molar-refractivity contribution is -0.131. The summed E-state index contributed by atoms with van der Waals surface area (Å²) in [6.07, 6.45) is 1.41. The van der Waals surface area contributed by atoms with Crippen molar-refractivity contribution in [2.45, 2.75) is 0 Å². The van der Waals surface area contributed by atoms with E-state index in [2.05, 4.69) is 6.58 Å². The van der Waals surface area contributed by atoms with Gasteiger partial charge < -0.3 is 4.74 Å². The highest BCUT2D eigenvalue weighted by atomic mass is 32.1. The molecule has 0 saturated carbocycles. The average Bonchev–Trinajstić information content (AvgIpc) is 1.88. The second kappa shape index (κ2) is 2.90. The summed E-state index contributed by atoms with van der Waals surface area (Å²) >= 11 is 4.81. The van der Waals surface area contributed by atoms with Gasteiger partial charge in [0.05, 0.1) is 6.61 Å². The molecule has 0 atom stereocenters. The van der Waals surface area contributed by atoms with Crippen molar-refractivity contribution >= 4 is 23.1 Å². The predicted octanol–water partition coefficient (Wildman–Crippen LogP) is 0.316. The monoisotopic (exact) mass is 157 g/mol. The normalized spacial score (nSPS) is 19.4. The van der Waals surface area contributed by atoms with Crippen LogP contribution in [0.2, 0.25) is 0 Å². The zero-order valence-electron chi connectivity index (χ0n) is 5.37. The number of carbonyl (C=O) groups excluding carboxylic acids is 1. The highest BCUT2D eigenvalue weighted by Gasteiger charge is 2.20. The minimum Gasteiger partial charge on any atom is -0.364 e. The summed E-state index contributed by atoms with van der Waals surface area (Å²) < 4.78 is 4.85. The Morgan fingerprint density at radius 3 is 2.80 bits per heavy atom. The highest BCUT2D eigenvalue weighted by molar-refractivity contribution is 7.80. The molecule has 0 spiro atoms. The number of hydrogen-bond donors (Lipinski definition) is 0. The molecule has 1 rings (SSSR count). The minimum absolute atomic E-state index is 0.103. The average molecular weight is 157 g/mol. The zero-order valence-corrected chi connectivity index (χ0v) is 6.19. The molecule has 1 aliphatic heterocycles. The van der Waals surface area contributed by atoms with Crippen molar-refractivity contribution in [1.29, 1.82) is 0 Å². The van der Waals surface area contributed by atoms with Crippen LogP contribution in [0.5, 0.6) is 0 Å². The summed E-state index contributed by atoms with van der Waals surface area (Å²) in [5.74, 6) is -0.147. The fourth-order valence-electron chi connectivity index (χ4n) is 0.707.